The molecular weight excluding hydrogens is 255 g/mol. The van der Waals surface area contributed by atoms with E-state index in [-0.39, 0.29) is 4.90 Å². The van der Waals surface area contributed by atoms with E-state index in [0.717, 1.165) is 12.1 Å². The topological polar surface area (TPSA) is 55.7 Å². The van der Waals surface area contributed by atoms with Gasteiger partial charge in [-0.05, 0) is 33.3 Å². The van der Waals surface area contributed by atoms with Crippen LogP contribution < -0.4 is 0 Å². The van der Waals surface area contributed by atoms with Crippen molar-refractivity contribution < 1.29 is 26.5 Å². The molecule has 0 aromatic heterocycles. The van der Waals surface area contributed by atoms with Crippen LogP contribution in [0.15, 0.2) is 33.5 Å². The van der Waals surface area contributed by atoms with Gasteiger partial charge in [-0.2, -0.15) is 12.8 Å². The van der Waals surface area contributed by atoms with Crippen LogP contribution in [0.5, 0.6) is 0 Å². The van der Waals surface area contributed by atoms with Gasteiger partial charge in [0.15, 0.2) is 0 Å². The second-order valence-electron chi connectivity index (χ2n) is 2.08. The van der Waals surface area contributed by atoms with Gasteiger partial charge in [0.1, 0.15) is 0 Å². The summed E-state index contributed by atoms with van der Waals surface area (Å²) in [6.45, 7) is 0. The second kappa shape index (κ2) is 6.43. The third-order valence-electron chi connectivity index (χ3n) is 1.22. The number of nitrogens with zero attached hydrogens (tertiary/aromatic N) is 1. The smallest absolute Gasteiger partial charge is 0.189 e. The fraction of sp³-hybridized carbons (Fsp3) is 0. The Morgan fingerprint density at radius 2 is 1.60 bits per heavy atom. The third kappa shape index (κ3) is 5.40. The van der Waals surface area contributed by atoms with E-state index in [9.17, 15) is 12.3 Å². The fourth-order valence-corrected chi connectivity index (χ4v) is 1.25. The van der Waals surface area contributed by atoms with Crippen LogP contribution in [0, 0.1) is 0 Å². The molecule has 84 valence electrons. The summed E-state index contributed by atoms with van der Waals surface area (Å²) in [5, 5.41) is 1.25. The van der Waals surface area contributed by atoms with E-state index in [2.05, 4.69) is 16.8 Å². The monoisotopic (exact) mass is 259 g/mol. The molecule has 0 bridgehead atoms. The van der Waals surface area contributed by atoms with Crippen LogP contribution in [0.4, 0.5) is 18.6 Å². The van der Waals surface area contributed by atoms with E-state index < -0.39 is 10.2 Å². The summed E-state index contributed by atoms with van der Waals surface area (Å²) < 4.78 is 54.5. The first-order valence-electron chi connectivity index (χ1n) is 3.23. The molecule has 0 N–H and O–H groups in total. The average Bonchev–Trinajstić information content (AvgIpc) is 2.18. The highest BCUT2D eigenvalue weighted by Crippen LogP contribution is 2.17. The summed E-state index contributed by atoms with van der Waals surface area (Å²) >= 11 is 4.34. The van der Waals surface area contributed by atoms with Gasteiger partial charge in [0.25, 0.3) is 0 Å². The van der Waals surface area contributed by atoms with Gasteiger partial charge < -0.3 is 0 Å². The fourth-order valence-electron chi connectivity index (χ4n) is 0.670. The molecule has 0 aliphatic heterocycles. The van der Waals surface area contributed by atoms with Crippen LogP contribution in [0.1, 0.15) is 0 Å². The van der Waals surface area contributed by atoms with Crippen molar-refractivity contribution in [1.82, 2.24) is 0 Å². The van der Waals surface area contributed by atoms with Crippen LogP contribution in [-0.2, 0) is 27.8 Å². The van der Waals surface area contributed by atoms with E-state index in [1.54, 1.807) is 0 Å². The molecule has 0 unspecified atom stereocenters. The number of benzene rings is 1. The standard InChI is InChI=1S/C6H4FNO2S2.F2O/c7-12(9,10)6-3-1-5(8-11)2-4-6;1-3-2/h1-4H;. The summed E-state index contributed by atoms with van der Waals surface area (Å²) in [5.41, 5.74) is 0.428. The first-order valence-corrected chi connectivity index (χ1v) is 4.98. The zero-order valence-corrected chi connectivity index (χ0v) is 8.56. The van der Waals surface area contributed by atoms with Crippen molar-refractivity contribution in [2.45, 2.75) is 4.90 Å². The Morgan fingerprint density at radius 3 is 1.87 bits per heavy atom. The van der Waals surface area contributed by atoms with Crippen molar-refractivity contribution in [2.24, 2.45) is 4.36 Å². The Kier molecular flexibility index (Phi) is 5.97. The lowest BCUT2D eigenvalue weighted by atomic mass is 10.3. The van der Waals surface area contributed by atoms with E-state index >= 15 is 0 Å². The second-order valence-corrected chi connectivity index (χ2v) is 3.61. The molecule has 9 heteroatoms. The molecule has 0 atom stereocenters. The molecule has 0 saturated heterocycles. The maximum absolute atomic E-state index is 12.3. The van der Waals surface area contributed by atoms with Gasteiger partial charge in [0.2, 0.25) is 0 Å². The van der Waals surface area contributed by atoms with E-state index in [1.165, 1.54) is 17.3 Å². The summed E-state index contributed by atoms with van der Waals surface area (Å²) in [4.78, 5) is -0.384. The zero-order chi connectivity index (χ0) is 11.9. The van der Waals surface area contributed by atoms with Crippen molar-refractivity contribution in [3.05, 3.63) is 24.3 Å². The van der Waals surface area contributed by atoms with Gasteiger partial charge >= 0.3 is 10.2 Å². The number of rotatable bonds is 2. The molecular formula is C6H4F3NO3S2. The SMILES string of the molecule is FOF.O=S(=O)(F)c1ccc(N=S)cc1. The highest BCUT2D eigenvalue weighted by atomic mass is 32.3. The first kappa shape index (κ1) is 13.9. The van der Waals surface area contributed by atoms with Crippen molar-refractivity contribution >= 4 is 28.3 Å². The third-order valence-corrected chi connectivity index (χ3v) is 2.27. The summed E-state index contributed by atoms with van der Waals surface area (Å²) in [7, 11) is -4.60. The molecule has 0 radical (unpaired) electrons. The van der Waals surface area contributed by atoms with Crippen LogP contribution in [0.2, 0.25) is 0 Å². The molecule has 1 rings (SSSR count). The van der Waals surface area contributed by atoms with Gasteiger partial charge in [0, 0.05) is 17.6 Å². The summed E-state index contributed by atoms with van der Waals surface area (Å²) in [6, 6.07) is 4.89. The molecule has 1 aromatic carbocycles. The lowest BCUT2D eigenvalue weighted by molar-refractivity contribution is -0.317. The van der Waals surface area contributed by atoms with Crippen LogP contribution >= 0.6 is 0 Å². The molecule has 1 aromatic rings. The van der Waals surface area contributed by atoms with E-state index in [4.69, 9.17) is 9.05 Å². The highest BCUT2D eigenvalue weighted by molar-refractivity contribution is 7.86. The predicted molar refractivity (Wildman–Crippen MR) is 47.5 cm³/mol. The molecule has 0 saturated carbocycles. The van der Waals surface area contributed by atoms with Gasteiger partial charge in [0.05, 0.1) is 10.6 Å². The minimum atomic E-state index is -4.60. The van der Waals surface area contributed by atoms with E-state index in [0.29, 0.717) is 5.69 Å². The largest absolute Gasteiger partial charge is 0.332 e. The first-order chi connectivity index (χ1) is 6.95. The highest BCUT2D eigenvalue weighted by Gasteiger charge is 2.10. The quantitative estimate of drug-likeness (QED) is 0.765. The van der Waals surface area contributed by atoms with Crippen molar-refractivity contribution in [2.75, 3.05) is 0 Å². The molecule has 0 heterocycles. The van der Waals surface area contributed by atoms with Gasteiger partial charge in [-0.25, -0.2) is 0 Å². The molecule has 4 nitrogen and oxygen atoms in total. The van der Waals surface area contributed by atoms with Crippen LogP contribution in [0.25, 0.3) is 0 Å². The van der Waals surface area contributed by atoms with Crippen LogP contribution in [0.3, 0.4) is 0 Å². The van der Waals surface area contributed by atoms with Gasteiger partial charge in [-0.1, -0.05) is 0 Å². The Balaban J connectivity index is 0.000000583. The van der Waals surface area contributed by atoms with Crippen molar-refractivity contribution in [3.63, 3.8) is 0 Å². The normalized spacial score (nSPS) is 10.1. The Labute approximate surface area is 88.9 Å². The van der Waals surface area contributed by atoms with Crippen LogP contribution in [-0.4, -0.2) is 8.42 Å². The lowest BCUT2D eigenvalue weighted by Crippen LogP contribution is -1.89. The minimum Gasteiger partial charge on any atom is -0.189 e. The molecule has 0 spiro atoms. The summed E-state index contributed by atoms with van der Waals surface area (Å²) in [5.74, 6) is 0. The number of halogens is 3. The van der Waals surface area contributed by atoms with Crippen molar-refractivity contribution in [3.8, 4) is 0 Å². The average molecular weight is 259 g/mol. The predicted octanol–water partition coefficient (Wildman–Crippen LogP) is 2.48. The Bertz CT molecular complexity index is 406. The number of hydrogen-bond acceptors (Lipinski definition) is 5. The van der Waals surface area contributed by atoms with Gasteiger partial charge in [-0.15, -0.1) is 3.89 Å². The summed E-state index contributed by atoms with van der Waals surface area (Å²) in [6.07, 6.45) is 0. The number of hydrogen-bond donors (Lipinski definition) is 0. The molecule has 0 aliphatic rings. The minimum absolute atomic E-state index is 0.384. The van der Waals surface area contributed by atoms with Crippen molar-refractivity contribution in [1.29, 1.82) is 0 Å². The van der Waals surface area contributed by atoms with Gasteiger partial charge in [-0.3, -0.25) is 0 Å². The molecule has 0 fully saturated rings. The van der Waals surface area contributed by atoms with E-state index in [1.807, 2.05) is 0 Å². The lowest BCUT2D eigenvalue weighted by Gasteiger charge is -1.93. The zero-order valence-electron chi connectivity index (χ0n) is 6.93. The Hall–Kier alpha value is -1.06. The molecule has 0 aliphatic carbocycles. The molecule has 15 heavy (non-hydrogen) atoms. The Morgan fingerprint density at radius 1 is 1.20 bits per heavy atom. The molecule has 0 amide bonds. The maximum Gasteiger partial charge on any atom is 0.332 e. The maximum atomic E-state index is 12.3.